The second kappa shape index (κ2) is 6.63. The van der Waals surface area contributed by atoms with Gasteiger partial charge in [-0.2, -0.15) is 0 Å². The van der Waals surface area contributed by atoms with E-state index in [-0.39, 0.29) is 34.7 Å². The summed E-state index contributed by atoms with van der Waals surface area (Å²) in [6.07, 6.45) is 3.42. The number of rotatable bonds is 8. The quantitative estimate of drug-likeness (QED) is 0.386. The third-order valence-corrected chi connectivity index (χ3v) is 4.00. The number of hydrogen-bond acceptors (Lipinski definition) is 6. The first-order chi connectivity index (χ1) is 9.74. The van der Waals surface area contributed by atoms with Crippen LogP contribution in [0.2, 0.25) is 0 Å². The standard InChI is InChI=1S/C12H22N2O6/c15-13(19-7-9-5-17-9)11-3-1-2-4-12(11)14(16)20-8-10-6-18-10/h9-14H,1-8H2. The van der Waals surface area contributed by atoms with Crippen LogP contribution >= 0.6 is 0 Å². The maximum atomic E-state index is 12.1. The first kappa shape index (κ1) is 14.6. The number of ether oxygens (including phenoxy) is 2. The molecular formula is C12H22N2O6. The lowest BCUT2D eigenvalue weighted by Crippen LogP contribution is -3.22. The summed E-state index contributed by atoms with van der Waals surface area (Å²) in [6.45, 7) is 1.91. The van der Waals surface area contributed by atoms with Crippen LogP contribution in [0, 0.1) is 10.4 Å². The number of quaternary nitrogens is 2. The molecule has 0 amide bonds. The Morgan fingerprint density at radius 2 is 1.25 bits per heavy atom. The van der Waals surface area contributed by atoms with Crippen molar-refractivity contribution in [2.45, 2.75) is 50.0 Å². The van der Waals surface area contributed by atoms with Crippen LogP contribution in [0.5, 0.6) is 0 Å². The predicted molar refractivity (Wildman–Crippen MR) is 66.1 cm³/mol. The lowest BCUT2D eigenvalue weighted by molar-refractivity contribution is -1.13. The van der Waals surface area contributed by atoms with Crippen LogP contribution in [-0.2, 0) is 19.1 Å². The van der Waals surface area contributed by atoms with Gasteiger partial charge in [0.25, 0.3) is 0 Å². The Hall–Kier alpha value is -0.320. The van der Waals surface area contributed by atoms with E-state index in [4.69, 9.17) is 19.1 Å². The van der Waals surface area contributed by atoms with E-state index in [1.165, 1.54) is 0 Å². The van der Waals surface area contributed by atoms with Gasteiger partial charge in [-0.25, -0.2) is 20.1 Å². The Bertz CT molecular complexity index is 282. The minimum Gasteiger partial charge on any atom is -0.599 e. The molecule has 0 bridgehead atoms. The molecule has 3 fully saturated rings. The number of nitrogens with one attached hydrogen (secondary N) is 2. The molecule has 1 aliphatic carbocycles. The maximum Gasteiger partial charge on any atom is 0.172 e. The van der Waals surface area contributed by atoms with Crippen LogP contribution in [0.1, 0.15) is 25.7 Å². The van der Waals surface area contributed by atoms with Crippen molar-refractivity contribution in [3.8, 4) is 0 Å². The molecule has 2 heterocycles. The smallest absolute Gasteiger partial charge is 0.172 e. The summed E-state index contributed by atoms with van der Waals surface area (Å²) in [4.78, 5) is 10.5. The van der Waals surface area contributed by atoms with Gasteiger partial charge >= 0.3 is 0 Å². The Labute approximate surface area is 117 Å². The average Bonchev–Trinajstić information content (AvgIpc) is 3.36. The summed E-state index contributed by atoms with van der Waals surface area (Å²) in [6, 6.07) is -0.731. The van der Waals surface area contributed by atoms with Crippen molar-refractivity contribution < 1.29 is 29.6 Å². The SMILES string of the molecule is [O-][NH+](OCC1CO1)C1CCCCC1[NH+]([O-])OCC1CO1. The van der Waals surface area contributed by atoms with Crippen molar-refractivity contribution in [1.29, 1.82) is 0 Å². The monoisotopic (exact) mass is 290 g/mol. The van der Waals surface area contributed by atoms with Crippen molar-refractivity contribution in [3.63, 3.8) is 0 Å². The minimum absolute atomic E-state index is 0.0555. The van der Waals surface area contributed by atoms with Gasteiger partial charge in [-0.05, 0) is 12.8 Å². The van der Waals surface area contributed by atoms with Crippen LogP contribution in [-0.4, -0.2) is 50.7 Å². The Morgan fingerprint density at radius 1 is 0.850 bits per heavy atom. The molecule has 2 aliphatic heterocycles. The topological polar surface area (TPSA) is 98.5 Å². The van der Waals surface area contributed by atoms with Gasteiger partial charge in [0.15, 0.2) is 12.1 Å². The predicted octanol–water partition coefficient (Wildman–Crippen LogP) is -2.28. The summed E-state index contributed by atoms with van der Waals surface area (Å²) in [7, 11) is 0. The lowest BCUT2D eigenvalue weighted by Gasteiger charge is -2.40. The molecule has 0 spiro atoms. The highest BCUT2D eigenvalue weighted by molar-refractivity contribution is 4.74. The number of hydrogen-bond donors (Lipinski definition) is 2. The molecule has 8 heteroatoms. The molecule has 2 N–H and O–H groups in total. The van der Waals surface area contributed by atoms with E-state index in [2.05, 4.69) is 0 Å². The average molecular weight is 290 g/mol. The normalized spacial score (nSPS) is 39.3. The third kappa shape index (κ3) is 4.09. The molecule has 0 radical (unpaired) electrons. The summed E-state index contributed by atoms with van der Waals surface area (Å²) >= 11 is 0. The summed E-state index contributed by atoms with van der Waals surface area (Å²) in [5.41, 5.74) is 0. The van der Waals surface area contributed by atoms with E-state index in [1.807, 2.05) is 0 Å². The highest BCUT2D eigenvalue weighted by Gasteiger charge is 2.39. The zero-order chi connectivity index (χ0) is 13.9. The maximum absolute atomic E-state index is 12.1. The summed E-state index contributed by atoms with van der Waals surface area (Å²) < 4.78 is 10.0. The van der Waals surface area contributed by atoms with Crippen LogP contribution in [0.4, 0.5) is 0 Å². The molecule has 0 aromatic carbocycles. The molecule has 6 atom stereocenters. The molecule has 116 valence electrons. The van der Waals surface area contributed by atoms with Gasteiger partial charge in [-0.3, -0.25) is 0 Å². The first-order valence-corrected chi connectivity index (χ1v) is 7.30. The molecule has 1 saturated carbocycles. The highest BCUT2D eigenvalue weighted by Crippen LogP contribution is 2.16. The zero-order valence-electron chi connectivity index (χ0n) is 11.4. The van der Waals surface area contributed by atoms with E-state index in [9.17, 15) is 10.4 Å². The second-order valence-electron chi connectivity index (χ2n) is 5.67. The van der Waals surface area contributed by atoms with Gasteiger partial charge in [-0.1, -0.05) is 0 Å². The Kier molecular flexibility index (Phi) is 4.84. The zero-order valence-corrected chi connectivity index (χ0v) is 11.4. The highest BCUT2D eigenvalue weighted by atomic mass is 16.9. The summed E-state index contributed by atoms with van der Waals surface area (Å²) in [5, 5.41) is 23.6. The van der Waals surface area contributed by atoms with E-state index in [1.54, 1.807) is 0 Å². The van der Waals surface area contributed by atoms with Gasteiger partial charge in [0.1, 0.15) is 25.4 Å². The number of hydroxylamine groups is 4. The Balaban J connectivity index is 1.48. The molecule has 3 rings (SSSR count). The third-order valence-electron chi connectivity index (χ3n) is 4.00. The fourth-order valence-corrected chi connectivity index (χ4v) is 2.59. The fraction of sp³-hybridized carbons (Fsp3) is 1.00. The molecule has 8 nitrogen and oxygen atoms in total. The minimum atomic E-state index is -0.366. The van der Waals surface area contributed by atoms with Gasteiger partial charge in [-0.15, -0.1) is 0 Å². The molecule has 6 unspecified atom stereocenters. The molecule has 2 saturated heterocycles. The first-order valence-electron chi connectivity index (χ1n) is 7.30. The second-order valence-corrected chi connectivity index (χ2v) is 5.67. The molecule has 0 aromatic rings. The van der Waals surface area contributed by atoms with Crippen LogP contribution in [0.3, 0.4) is 0 Å². The fourth-order valence-electron chi connectivity index (χ4n) is 2.59. The largest absolute Gasteiger partial charge is 0.599 e. The van der Waals surface area contributed by atoms with E-state index in [0.29, 0.717) is 39.3 Å². The Morgan fingerprint density at radius 3 is 1.60 bits per heavy atom. The van der Waals surface area contributed by atoms with Crippen LogP contribution in [0.15, 0.2) is 0 Å². The lowest BCUT2D eigenvalue weighted by atomic mass is 9.91. The van der Waals surface area contributed by atoms with Crippen molar-refractivity contribution in [2.75, 3.05) is 26.4 Å². The van der Waals surface area contributed by atoms with Gasteiger partial charge in [0.05, 0.1) is 13.2 Å². The van der Waals surface area contributed by atoms with Gasteiger partial charge < -0.3 is 19.9 Å². The van der Waals surface area contributed by atoms with Gasteiger partial charge in [0, 0.05) is 12.8 Å². The van der Waals surface area contributed by atoms with E-state index < -0.39 is 0 Å². The van der Waals surface area contributed by atoms with Crippen molar-refractivity contribution in [3.05, 3.63) is 10.4 Å². The van der Waals surface area contributed by atoms with Crippen LogP contribution < -0.4 is 10.5 Å². The van der Waals surface area contributed by atoms with Gasteiger partial charge in [0.2, 0.25) is 0 Å². The molecular weight excluding hydrogens is 268 g/mol. The summed E-state index contributed by atoms with van der Waals surface area (Å²) in [5.74, 6) is 0. The van der Waals surface area contributed by atoms with E-state index >= 15 is 0 Å². The van der Waals surface area contributed by atoms with Crippen molar-refractivity contribution in [1.82, 2.24) is 0 Å². The van der Waals surface area contributed by atoms with Crippen molar-refractivity contribution in [2.24, 2.45) is 0 Å². The number of epoxide rings is 2. The van der Waals surface area contributed by atoms with Crippen molar-refractivity contribution >= 4 is 0 Å². The molecule has 3 aliphatic rings. The van der Waals surface area contributed by atoms with Crippen LogP contribution in [0.25, 0.3) is 0 Å². The molecule has 0 aromatic heterocycles. The van der Waals surface area contributed by atoms with E-state index in [0.717, 1.165) is 12.8 Å². The molecule has 20 heavy (non-hydrogen) atoms.